The summed E-state index contributed by atoms with van der Waals surface area (Å²) >= 11 is 7.51. The van der Waals surface area contributed by atoms with Crippen LogP contribution in [0.25, 0.3) is 21.3 Å². The summed E-state index contributed by atoms with van der Waals surface area (Å²) in [6.45, 7) is -0.605. The topological polar surface area (TPSA) is 71.8 Å². The monoisotopic (exact) mass is 403 g/mol. The van der Waals surface area contributed by atoms with Gasteiger partial charge in [0.25, 0.3) is 5.91 Å². The fourth-order valence-electron chi connectivity index (χ4n) is 2.76. The smallest absolute Gasteiger partial charge is 0.251 e. The molecule has 4 rings (SSSR count). The number of fused-ring (bicyclic) bond motifs is 2. The number of anilines is 2. The minimum absolute atomic E-state index is 0.00643. The summed E-state index contributed by atoms with van der Waals surface area (Å²) in [4.78, 5) is 21.1. The molecule has 0 saturated heterocycles. The molecule has 2 aromatic carbocycles. The highest BCUT2D eigenvalue weighted by molar-refractivity contribution is 7.22. The van der Waals surface area contributed by atoms with E-state index in [9.17, 15) is 9.18 Å². The van der Waals surface area contributed by atoms with E-state index in [2.05, 4.69) is 20.6 Å². The molecule has 0 radical (unpaired) electrons. The summed E-state index contributed by atoms with van der Waals surface area (Å²) in [6, 6.07) is 10.7. The van der Waals surface area contributed by atoms with Crippen LogP contribution in [0.5, 0.6) is 0 Å². The average Bonchev–Trinajstić information content (AvgIpc) is 3.19. The molecule has 0 aliphatic rings. The van der Waals surface area contributed by atoms with Crippen LogP contribution in [-0.4, -0.2) is 33.7 Å². The van der Waals surface area contributed by atoms with Gasteiger partial charge in [0.15, 0.2) is 5.13 Å². The number of carbonyl (C=O) groups excluding carboxylic acids is 1. The van der Waals surface area contributed by atoms with E-state index in [0.29, 0.717) is 27.2 Å². The van der Waals surface area contributed by atoms with Crippen molar-refractivity contribution in [2.24, 2.45) is 7.05 Å². The van der Waals surface area contributed by atoms with E-state index >= 15 is 0 Å². The van der Waals surface area contributed by atoms with Crippen LogP contribution in [0.1, 0.15) is 10.4 Å². The van der Waals surface area contributed by atoms with E-state index < -0.39 is 6.67 Å². The number of aryl methyl sites for hydroxylation is 1. The highest BCUT2D eigenvalue weighted by Gasteiger charge is 2.13. The molecule has 0 spiro atoms. The summed E-state index contributed by atoms with van der Waals surface area (Å²) in [5.74, 6) is 0.286. The Kier molecular flexibility index (Phi) is 4.67. The lowest BCUT2D eigenvalue weighted by Crippen LogP contribution is -2.25. The number of hydrogen-bond acceptors (Lipinski definition) is 5. The number of hydrogen-bond donors (Lipinski definition) is 2. The van der Waals surface area contributed by atoms with Crippen LogP contribution in [0, 0.1) is 0 Å². The standard InChI is InChI=1S/C18H15ClFN5OS/c1-25-14-5-2-10(16(26)21-7-6-20)8-13(14)22-17(25)24-18-23-12-4-3-11(19)9-15(12)27-18/h2-5,8-9H,6-7H2,1H3,(H,21,26)(H,22,23,24). The molecule has 0 aliphatic heterocycles. The third kappa shape index (κ3) is 3.45. The van der Waals surface area contributed by atoms with Crippen LogP contribution in [0.3, 0.4) is 0 Å². The second-order valence-electron chi connectivity index (χ2n) is 5.90. The van der Waals surface area contributed by atoms with E-state index in [1.54, 1.807) is 18.2 Å². The number of halogens is 2. The summed E-state index contributed by atoms with van der Waals surface area (Å²) in [5, 5.41) is 7.10. The Morgan fingerprint density at radius 3 is 2.89 bits per heavy atom. The van der Waals surface area contributed by atoms with Crippen molar-refractivity contribution in [3.8, 4) is 0 Å². The van der Waals surface area contributed by atoms with E-state index in [4.69, 9.17) is 11.6 Å². The molecular formula is C18H15ClFN5OS. The van der Waals surface area contributed by atoms with Crippen LogP contribution in [0.15, 0.2) is 36.4 Å². The molecular weight excluding hydrogens is 389 g/mol. The number of imidazole rings is 1. The first kappa shape index (κ1) is 17.7. The molecule has 2 N–H and O–H groups in total. The molecule has 0 unspecified atom stereocenters. The molecule has 0 aliphatic carbocycles. The number of carbonyl (C=O) groups is 1. The van der Waals surface area contributed by atoms with Gasteiger partial charge < -0.3 is 15.2 Å². The molecule has 0 atom stereocenters. The second-order valence-corrected chi connectivity index (χ2v) is 7.37. The Morgan fingerprint density at radius 2 is 2.07 bits per heavy atom. The van der Waals surface area contributed by atoms with Gasteiger partial charge in [0, 0.05) is 24.2 Å². The first-order valence-corrected chi connectivity index (χ1v) is 9.38. The van der Waals surface area contributed by atoms with Crippen molar-refractivity contribution in [1.82, 2.24) is 19.9 Å². The third-order valence-corrected chi connectivity index (χ3v) is 5.26. The zero-order valence-electron chi connectivity index (χ0n) is 14.3. The van der Waals surface area contributed by atoms with E-state index in [-0.39, 0.29) is 12.5 Å². The molecule has 27 heavy (non-hydrogen) atoms. The molecule has 6 nitrogen and oxygen atoms in total. The molecule has 1 amide bonds. The first-order valence-electron chi connectivity index (χ1n) is 8.19. The van der Waals surface area contributed by atoms with Gasteiger partial charge in [-0.25, -0.2) is 14.4 Å². The Morgan fingerprint density at radius 1 is 1.22 bits per heavy atom. The van der Waals surface area contributed by atoms with Crippen molar-refractivity contribution in [3.63, 3.8) is 0 Å². The quantitative estimate of drug-likeness (QED) is 0.521. The lowest BCUT2D eigenvalue weighted by atomic mass is 10.2. The van der Waals surface area contributed by atoms with Crippen molar-refractivity contribution in [1.29, 1.82) is 0 Å². The fourth-order valence-corrected chi connectivity index (χ4v) is 3.90. The van der Waals surface area contributed by atoms with Gasteiger partial charge in [-0.15, -0.1) is 0 Å². The van der Waals surface area contributed by atoms with E-state index in [1.165, 1.54) is 11.3 Å². The maximum Gasteiger partial charge on any atom is 0.251 e. The van der Waals surface area contributed by atoms with Gasteiger partial charge >= 0.3 is 0 Å². The van der Waals surface area contributed by atoms with Crippen molar-refractivity contribution in [2.45, 2.75) is 0 Å². The Bertz CT molecular complexity index is 1160. The van der Waals surface area contributed by atoms with E-state index in [1.807, 2.05) is 29.8 Å². The van der Waals surface area contributed by atoms with Gasteiger partial charge in [-0.2, -0.15) is 0 Å². The molecule has 0 bridgehead atoms. The number of aromatic nitrogens is 3. The van der Waals surface area contributed by atoms with Gasteiger partial charge in [-0.3, -0.25) is 4.79 Å². The first-order chi connectivity index (χ1) is 13.0. The Balaban J connectivity index is 1.64. The molecule has 138 valence electrons. The Hall–Kier alpha value is -2.71. The molecule has 2 heterocycles. The van der Waals surface area contributed by atoms with Crippen LogP contribution in [0.2, 0.25) is 5.02 Å². The van der Waals surface area contributed by atoms with Crippen molar-refractivity contribution in [3.05, 3.63) is 47.0 Å². The lowest BCUT2D eigenvalue weighted by molar-refractivity contribution is 0.0951. The summed E-state index contributed by atoms with van der Waals surface area (Å²) in [5.41, 5.74) is 2.83. The fraction of sp³-hybridized carbons (Fsp3) is 0.167. The average molecular weight is 404 g/mol. The summed E-state index contributed by atoms with van der Waals surface area (Å²) in [6.07, 6.45) is 0. The third-order valence-electron chi connectivity index (χ3n) is 4.09. The zero-order valence-corrected chi connectivity index (χ0v) is 15.9. The number of rotatable bonds is 5. The largest absolute Gasteiger partial charge is 0.349 e. The molecule has 2 aromatic heterocycles. The molecule has 0 fully saturated rings. The number of amides is 1. The van der Waals surface area contributed by atoms with E-state index in [0.717, 1.165) is 15.7 Å². The molecule has 9 heteroatoms. The predicted octanol–water partition coefficient (Wildman–Crippen LogP) is 4.28. The number of benzene rings is 2. The van der Waals surface area contributed by atoms with Crippen LogP contribution in [-0.2, 0) is 7.05 Å². The second kappa shape index (κ2) is 7.13. The van der Waals surface area contributed by atoms with Crippen molar-refractivity contribution in [2.75, 3.05) is 18.5 Å². The number of nitrogens with zero attached hydrogens (tertiary/aromatic N) is 3. The van der Waals surface area contributed by atoms with Gasteiger partial charge in [0.2, 0.25) is 5.95 Å². The van der Waals surface area contributed by atoms with Crippen LogP contribution >= 0.6 is 22.9 Å². The predicted molar refractivity (Wildman–Crippen MR) is 107 cm³/mol. The summed E-state index contributed by atoms with van der Waals surface area (Å²) < 4.78 is 15.1. The van der Waals surface area contributed by atoms with Crippen LogP contribution in [0.4, 0.5) is 15.5 Å². The minimum Gasteiger partial charge on any atom is -0.349 e. The molecule has 0 saturated carbocycles. The minimum atomic E-state index is -0.598. The van der Waals surface area contributed by atoms with Crippen LogP contribution < -0.4 is 10.6 Å². The maximum atomic E-state index is 12.2. The SMILES string of the molecule is Cn1c(Nc2nc3ccc(Cl)cc3s2)nc2cc(C(=O)NCCF)ccc21. The van der Waals surface area contributed by atoms with Crippen molar-refractivity contribution < 1.29 is 9.18 Å². The lowest BCUT2D eigenvalue weighted by Gasteiger charge is -2.03. The number of thiazole rings is 1. The highest BCUT2D eigenvalue weighted by Crippen LogP contribution is 2.30. The molecule has 4 aromatic rings. The highest BCUT2D eigenvalue weighted by atomic mass is 35.5. The van der Waals surface area contributed by atoms with Gasteiger partial charge in [0.1, 0.15) is 6.67 Å². The summed E-state index contributed by atoms with van der Waals surface area (Å²) in [7, 11) is 1.88. The van der Waals surface area contributed by atoms with Gasteiger partial charge in [-0.1, -0.05) is 22.9 Å². The Labute approximate surface area is 163 Å². The maximum absolute atomic E-state index is 12.2. The number of nitrogens with one attached hydrogen (secondary N) is 2. The number of alkyl halides is 1. The van der Waals surface area contributed by atoms with Gasteiger partial charge in [0.05, 0.1) is 21.3 Å². The van der Waals surface area contributed by atoms with Gasteiger partial charge in [-0.05, 0) is 36.4 Å². The van der Waals surface area contributed by atoms with Crippen molar-refractivity contribution >= 4 is 61.2 Å². The zero-order chi connectivity index (χ0) is 19.0. The normalized spacial score (nSPS) is 11.2.